The third kappa shape index (κ3) is 4.79. The van der Waals surface area contributed by atoms with Crippen LogP contribution in [0.5, 0.6) is 11.5 Å². The minimum Gasteiger partial charge on any atom is -0.493 e. The second-order valence-corrected chi connectivity index (χ2v) is 6.33. The smallest absolute Gasteiger partial charge is 0.253 e. The molecule has 2 N–H and O–H groups in total. The van der Waals surface area contributed by atoms with E-state index in [2.05, 4.69) is 15.6 Å². The summed E-state index contributed by atoms with van der Waals surface area (Å²) >= 11 is 0. The summed E-state index contributed by atoms with van der Waals surface area (Å²) in [5.74, 6) is 1.08. The first-order chi connectivity index (χ1) is 13.6. The Morgan fingerprint density at radius 2 is 1.68 bits per heavy atom. The fourth-order valence-electron chi connectivity index (χ4n) is 2.71. The third-order valence-corrected chi connectivity index (χ3v) is 4.24. The monoisotopic (exact) mass is 377 g/mol. The van der Waals surface area contributed by atoms with Gasteiger partial charge in [0, 0.05) is 18.4 Å². The summed E-state index contributed by atoms with van der Waals surface area (Å²) in [7, 11) is 3.17. The molecular weight excluding hydrogens is 354 g/mol. The highest BCUT2D eigenvalue weighted by Gasteiger charge is 2.09. The number of amides is 1. The molecule has 0 atom stereocenters. The zero-order valence-corrected chi connectivity index (χ0v) is 16.2. The second-order valence-electron chi connectivity index (χ2n) is 6.33. The summed E-state index contributed by atoms with van der Waals surface area (Å²) in [6, 6.07) is 15.3. The molecule has 0 fully saturated rings. The molecule has 0 spiro atoms. The van der Waals surface area contributed by atoms with Crippen molar-refractivity contribution in [1.82, 2.24) is 10.3 Å². The number of hydrogen-bond donors (Lipinski definition) is 2. The first kappa shape index (κ1) is 19.2. The van der Waals surface area contributed by atoms with Crippen molar-refractivity contribution >= 4 is 17.3 Å². The fraction of sp³-hybridized carbons (Fsp3) is 0.182. The van der Waals surface area contributed by atoms with Crippen LogP contribution in [0.4, 0.5) is 11.4 Å². The van der Waals surface area contributed by atoms with Crippen molar-refractivity contribution in [3.8, 4) is 11.5 Å². The van der Waals surface area contributed by atoms with Gasteiger partial charge in [0.05, 0.1) is 31.7 Å². The first-order valence-corrected chi connectivity index (χ1v) is 8.87. The van der Waals surface area contributed by atoms with E-state index < -0.39 is 0 Å². The molecule has 3 aromatic rings. The zero-order valence-electron chi connectivity index (χ0n) is 16.2. The van der Waals surface area contributed by atoms with E-state index in [9.17, 15) is 4.79 Å². The van der Waals surface area contributed by atoms with Gasteiger partial charge in [-0.25, -0.2) is 0 Å². The SMILES string of the molecule is COc1ccc(CNC(=O)c2cncc(Nc3ccc(C)cc3)c2)cc1OC. The molecule has 0 saturated carbocycles. The van der Waals surface area contributed by atoms with E-state index in [0.717, 1.165) is 16.9 Å². The quantitative estimate of drug-likeness (QED) is 0.649. The number of benzene rings is 2. The van der Waals surface area contributed by atoms with Gasteiger partial charge in [-0.3, -0.25) is 9.78 Å². The minimum absolute atomic E-state index is 0.199. The topological polar surface area (TPSA) is 72.5 Å². The van der Waals surface area contributed by atoms with E-state index in [1.807, 2.05) is 49.4 Å². The van der Waals surface area contributed by atoms with Crippen LogP contribution in [-0.4, -0.2) is 25.1 Å². The lowest BCUT2D eigenvalue weighted by Crippen LogP contribution is -2.23. The number of methoxy groups -OCH3 is 2. The highest BCUT2D eigenvalue weighted by molar-refractivity contribution is 5.94. The molecule has 144 valence electrons. The number of nitrogens with one attached hydrogen (secondary N) is 2. The predicted molar refractivity (Wildman–Crippen MR) is 109 cm³/mol. The van der Waals surface area contributed by atoms with Crippen molar-refractivity contribution in [3.05, 3.63) is 77.6 Å². The first-order valence-electron chi connectivity index (χ1n) is 8.87. The molecule has 1 amide bonds. The van der Waals surface area contributed by atoms with Crippen molar-refractivity contribution in [2.45, 2.75) is 13.5 Å². The summed E-state index contributed by atoms with van der Waals surface area (Å²) < 4.78 is 10.5. The van der Waals surface area contributed by atoms with Crippen LogP contribution in [0, 0.1) is 6.92 Å². The van der Waals surface area contributed by atoms with E-state index in [4.69, 9.17) is 9.47 Å². The molecular formula is C22H23N3O3. The number of hydrogen-bond acceptors (Lipinski definition) is 5. The molecule has 6 heteroatoms. The van der Waals surface area contributed by atoms with Crippen LogP contribution in [0.3, 0.4) is 0 Å². The Bertz CT molecular complexity index is 955. The summed E-state index contributed by atoms with van der Waals surface area (Å²) in [5.41, 5.74) is 4.27. The largest absolute Gasteiger partial charge is 0.493 e. The number of aromatic nitrogens is 1. The maximum atomic E-state index is 12.5. The summed E-state index contributed by atoms with van der Waals surface area (Å²) in [4.78, 5) is 16.7. The number of pyridine rings is 1. The average molecular weight is 377 g/mol. The molecule has 0 unspecified atom stereocenters. The van der Waals surface area contributed by atoms with Crippen LogP contribution in [0.15, 0.2) is 60.9 Å². The lowest BCUT2D eigenvalue weighted by Gasteiger charge is -2.11. The second kappa shape index (κ2) is 8.90. The number of aryl methyl sites for hydroxylation is 1. The van der Waals surface area contributed by atoms with Gasteiger partial charge < -0.3 is 20.1 Å². The average Bonchev–Trinajstić information content (AvgIpc) is 2.73. The van der Waals surface area contributed by atoms with Gasteiger partial charge in [0.15, 0.2) is 11.5 Å². The van der Waals surface area contributed by atoms with Gasteiger partial charge in [-0.05, 0) is 42.8 Å². The predicted octanol–water partition coefficient (Wildman–Crippen LogP) is 4.08. The minimum atomic E-state index is -0.199. The number of ether oxygens (including phenoxy) is 2. The number of carbonyl (C=O) groups is 1. The Morgan fingerprint density at radius 3 is 2.39 bits per heavy atom. The Kier molecular flexibility index (Phi) is 6.11. The fourth-order valence-corrected chi connectivity index (χ4v) is 2.71. The van der Waals surface area contributed by atoms with Crippen molar-refractivity contribution < 1.29 is 14.3 Å². The van der Waals surface area contributed by atoms with Crippen LogP contribution in [0.25, 0.3) is 0 Å². The number of rotatable bonds is 7. The van der Waals surface area contributed by atoms with Gasteiger partial charge in [-0.2, -0.15) is 0 Å². The normalized spacial score (nSPS) is 10.2. The Labute approximate surface area is 164 Å². The van der Waals surface area contributed by atoms with Crippen molar-refractivity contribution in [2.75, 3.05) is 19.5 Å². The van der Waals surface area contributed by atoms with Gasteiger partial charge in [-0.1, -0.05) is 23.8 Å². The van der Waals surface area contributed by atoms with Crippen LogP contribution in [0.1, 0.15) is 21.5 Å². The molecule has 1 aromatic heterocycles. The molecule has 0 radical (unpaired) electrons. The maximum Gasteiger partial charge on any atom is 0.253 e. The molecule has 0 aliphatic carbocycles. The lowest BCUT2D eigenvalue weighted by atomic mass is 10.2. The molecule has 3 rings (SSSR count). The summed E-state index contributed by atoms with van der Waals surface area (Å²) in [6.07, 6.45) is 3.23. The molecule has 0 bridgehead atoms. The van der Waals surface area contributed by atoms with Crippen LogP contribution in [-0.2, 0) is 6.54 Å². The van der Waals surface area contributed by atoms with E-state index in [1.165, 1.54) is 5.56 Å². The molecule has 0 saturated heterocycles. The van der Waals surface area contributed by atoms with Crippen molar-refractivity contribution in [1.29, 1.82) is 0 Å². The van der Waals surface area contributed by atoms with Gasteiger partial charge >= 0.3 is 0 Å². The maximum absolute atomic E-state index is 12.5. The zero-order chi connectivity index (χ0) is 19.9. The van der Waals surface area contributed by atoms with E-state index in [1.54, 1.807) is 32.7 Å². The van der Waals surface area contributed by atoms with Crippen molar-refractivity contribution in [3.63, 3.8) is 0 Å². The molecule has 0 aliphatic rings. The molecule has 2 aromatic carbocycles. The van der Waals surface area contributed by atoms with Crippen LogP contribution < -0.4 is 20.1 Å². The van der Waals surface area contributed by atoms with Crippen LogP contribution in [0.2, 0.25) is 0 Å². The number of carbonyl (C=O) groups excluding carboxylic acids is 1. The van der Waals surface area contributed by atoms with Gasteiger partial charge in [0.2, 0.25) is 0 Å². The van der Waals surface area contributed by atoms with E-state index >= 15 is 0 Å². The Hall–Kier alpha value is -3.54. The highest BCUT2D eigenvalue weighted by atomic mass is 16.5. The number of nitrogens with zero attached hydrogens (tertiary/aromatic N) is 1. The summed E-state index contributed by atoms with van der Waals surface area (Å²) in [5, 5.41) is 6.15. The third-order valence-electron chi connectivity index (χ3n) is 4.24. The Morgan fingerprint density at radius 1 is 0.929 bits per heavy atom. The molecule has 0 aliphatic heterocycles. The standard InChI is InChI=1S/C22H23N3O3/c1-15-4-7-18(8-5-15)25-19-11-17(13-23-14-19)22(26)24-12-16-6-9-20(27-2)21(10-16)28-3/h4-11,13-14,25H,12H2,1-3H3,(H,24,26). The molecule has 1 heterocycles. The molecule has 28 heavy (non-hydrogen) atoms. The molecule has 6 nitrogen and oxygen atoms in total. The van der Waals surface area contributed by atoms with Crippen LogP contribution >= 0.6 is 0 Å². The van der Waals surface area contributed by atoms with Gasteiger partial charge in [0.25, 0.3) is 5.91 Å². The number of anilines is 2. The van der Waals surface area contributed by atoms with E-state index in [0.29, 0.717) is 23.6 Å². The van der Waals surface area contributed by atoms with Crippen molar-refractivity contribution in [2.24, 2.45) is 0 Å². The highest BCUT2D eigenvalue weighted by Crippen LogP contribution is 2.27. The Balaban J connectivity index is 1.65. The van der Waals surface area contributed by atoms with Gasteiger partial charge in [0.1, 0.15) is 0 Å². The lowest BCUT2D eigenvalue weighted by molar-refractivity contribution is 0.0950. The summed E-state index contributed by atoms with van der Waals surface area (Å²) in [6.45, 7) is 2.41. The van der Waals surface area contributed by atoms with E-state index in [-0.39, 0.29) is 5.91 Å². The van der Waals surface area contributed by atoms with Gasteiger partial charge in [-0.15, -0.1) is 0 Å².